The summed E-state index contributed by atoms with van der Waals surface area (Å²) in [6.45, 7) is 2.89. The number of hydrogen-bond donors (Lipinski definition) is 0. The van der Waals surface area contributed by atoms with Gasteiger partial charge in [-0.05, 0) is 43.2 Å². The highest BCUT2D eigenvalue weighted by Crippen LogP contribution is 2.38. The lowest BCUT2D eigenvalue weighted by Crippen LogP contribution is -2.31. The Balaban J connectivity index is 1.93. The van der Waals surface area contributed by atoms with Crippen LogP contribution in [0, 0.1) is 6.92 Å². The Kier molecular flexibility index (Phi) is 4.96. The van der Waals surface area contributed by atoms with Crippen LogP contribution in [0.1, 0.15) is 39.7 Å². The van der Waals surface area contributed by atoms with Crippen molar-refractivity contribution in [3.05, 3.63) is 80.2 Å². The van der Waals surface area contributed by atoms with E-state index < -0.39 is 6.04 Å². The quantitative estimate of drug-likeness (QED) is 0.601. The van der Waals surface area contributed by atoms with Gasteiger partial charge in [0.05, 0.1) is 17.0 Å². The van der Waals surface area contributed by atoms with Crippen LogP contribution in [-0.4, -0.2) is 31.1 Å². The van der Waals surface area contributed by atoms with E-state index in [-0.39, 0.29) is 17.1 Å². The summed E-state index contributed by atoms with van der Waals surface area (Å²) in [5.74, 6) is -0.167. The molecule has 3 aromatic rings. The van der Waals surface area contributed by atoms with Gasteiger partial charge in [0.15, 0.2) is 5.43 Å². The van der Waals surface area contributed by atoms with E-state index in [1.54, 1.807) is 36.3 Å². The molecule has 0 saturated carbocycles. The van der Waals surface area contributed by atoms with E-state index >= 15 is 0 Å². The third-order valence-electron chi connectivity index (χ3n) is 5.03. The second kappa shape index (κ2) is 7.41. The number of aryl methyl sites for hydroxylation is 1. The molecule has 0 spiro atoms. The number of carbonyl (C=O) groups excluding carboxylic acids is 1. The average molecular weight is 398 g/mol. The molecule has 1 aliphatic rings. The highest BCUT2D eigenvalue weighted by atomic mass is 35.5. The SMILES string of the molecule is COCCCN1C(=O)c2oc3ccc(C)cc3c(=O)c2C1c1cccc(Cl)c1. The number of nitrogens with zero attached hydrogens (tertiary/aromatic N) is 1. The lowest BCUT2D eigenvalue weighted by Gasteiger charge is -2.25. The fourth-order valence-electron chi connectivity index (χ4n) is 3.77. The summed E-state index contributed by atoms with van der Waals surface area (Å²) in [7, 11) is 1.62. The van der Waals surface area contributed by atoms with Gasteiger partial charge in [-0.1, -0.05) is 35.4 Å². The van der Waals surface area contributed by atoms with Crippen LogP contribution in [0.25, 0.3) is 11.0 Å². The molecular weight excluding hydrogens is 378 g/mol. The van der Waals surface area contributed by atoms with E-state index in [0.717, 1.165) is 11.1 Å². The molecule has 2 heterocycles. The van der Waals surface area contributed by atoms with E-state index in [4.69, 9.17) is 20.8 Å². The minimum Gasteiger partial charge on any atom is -0.450 e. The van der Waals surface area contributed by atoms with Gasteiger partial charge in [0.2, 0.25) is 5.76 Å². The van der Waals surface area contributed by atoms with Crippen molar-refractivity contribution in [3.63, 3.8) is 0 Å². The van der Waals surface area contributed by atoms with Crippen molar-refractivity contribution < 1.29 is 13.9 Å². The topological polar surface area (TPSA) is 59.8 Å². The zero-order valence-electron chi connectivity index (χ0n) is 15.7. The van der Waals surface area contributed by atoms with Crippen LogP contribution in [0.2, 0.25) is 5.02 Å². The molecule has 1 aliphatic heterocycles. The summed E-state index contributed by atoms with van der Waals surface area (Å²) >= 11 is 6.19. The molecule has 2 aromatic carbocycles. The molecule has 1 unspecified atom stereocenters. The fourth-order valence-corrected chi connectivity index (χ4v) is 3.97. The Hall–Kier alpha value is -2.63. The van der Waals surface area contributed by atoms with Gasteiger partial charge in [-0.25, -0.2) is 0 Å². The number of ether oxygens (including phenoxy) is 1. The first-order valence-electron chi connectivity index (χ1n) is 9.14. The molecular formula is C22H20ClNO4. The third-order valence-corrected chi connectivity index (χ3v) is 5.27. The molecule has 144 valence electrons. The molecule has 1 aromatic heterocycles. The lowest BCUT2D eigenvalue weighted by molar-refractivity contribution is 0.0708. The smallest absolute Gasteiger partial charge is 0.290 e. The Morgan fingerprint density at radius 2 is 2.00 bits per heavy atom. The van der Waals surface area contributed by atoms with Crippen molar-refractivity contribution >= 4 is 28.5 Å². The van der Waals surface area contributed by atoms with Crippen LogP contribution in [0.5, 0.6) is 0 Å². The number of halogens is 1. The van der Waals surface area contributed by atoms with Gasteiger partial charge in [-0.3, -0.25) is 9.59 Å². The molecule has 28 heavy (non-hydrogen) atoms. The third kappa shape index (κ3) is 3.11. The molecule has 0 N–H and O–H groups in total. The monoisotopic (exact) mass is 397 g/mol. The Labute approximate surface area is 167 Å². The first-order valence-corrected chi connectivity index (χ1v) is 9.52. The highest BCUT2D eigenvalue weighted by Gasteiger charge is 2.42. The maximum absolute atomic E-state index is 13.4. The minimum atomic E-state index is -0.529. The number of fused-ring (bicyclic) bond motifs is 2. The van der Waals surface area contributed by atoms with E-state index in [1.807, 2.05) is 25.1 Å². The molecule has 0 saturated heterocycles. The summed E-state index contributed by atoms with van der Waals surface area (Å²) in [5.41, 5.74) is 2.37. The van der Waals surface area contributed by atoms with Gasteiger partial charge in [-0.15, -0.1) is 0 Å². The number of methoxy groups -OCH3 is 1. The fraction of sp³-hybridized carbons (Fsp3) is 0.273. The Bertz CT molecular complexity index is 1120. The summed E-state index contributed by atoms with van der Waals surface area (Å²) < 4.78 is 11.0. The van der Waals surface area contributed by atoms with Crippen LogP contribution < -0.4 is 5.43 Å². The zero-order valence-corrected chi connectivity index (χ0v) is 16.5. The van der Waals surface area contributed by atoms with Gasteiger partial charge in [0.25, 0.3) is 5.91 Å². The predicted molar refractivity (Wildman–Crippen MR) is 108 cm³/mol. The molecule has 4 rings (SSSR count). The average Bonchev–Trinajstić information content (AvgIpc) is 2.95. The van der Waals surface area contributed by atoms with Gasteiger partial charge >= 0.3 is 0 Å². The molecule has 1 amide bonds. The molecule has 0 fully saturated rings. The summed E-state index contributed by atoms with van der Waals surface area (Å²) in [6.07, 6.45) is 0.653. The standard InChI is InChI=1S/C22H20ClNO4/c1-13-7-8-17-16(11-13)20(25)18-19(14-5-3-6-15(23)12-14)24(9-4-10-27-2)22(26)21(18)28-17/h3,5-8,11-12,19H,4,9-10H2,1-2H3. The summed E-state index contributed by atoms with van der Waals surface area (Å²) in [5, 5.41) is 1.04. The zero-order chi connectivity index (χ0) is 19.8. The van der Waals surface area contributed by atoms with Crippen LogP contribution in [-0.2, 0) is 4.74 Å². The van der Waals surface area contributed by atoms with Crippen LogP contribution in [0.3, 0.4) is 0 Å². The molecule has 6 heteroatoms. The van der Waals surface area contributed by atoms with Gasteiger partial charge in [0.1, 0.15) is 5.58 Å². The number of rotatable bonds is 5. The largest absolute Gasteiger partial charge is 0.450 e. The van der Waals surface area contributed by atoms with Gasteiger partial charge < -0.3 is 14.1 Å². The van der Waals surface area contributed by atoms with Crippen LogP contribution in [0.15, 0.2) is 51.7 Å². The number of carbonyl (C=O) groups is 1. The van der Waals surface area contributed by atoms with E-state index in [1.165, 1.54) is 0 Å². The van der Waals surface area contributed by atoms with Crippen molar-refractivity contribution in [1.82, 2.24) is 4.90 Å². The molecule has 5 nitrogen and oxygen atoms in total. The van der Waals surface area contributed by atoms with Crippen molar-refractivity contribution in [2.75, 3.05) is 20.3 Å². The summed E-state index contributed by atoms with van der Waals surface area (Å²) in [6, 6.07) is 12.1. The lowest BCUT2D eigenvalue weighted by atomic mass is 9.98. The normalized spacial score (nSPS) is 16.0. The molecule has 0 aliphatic carbocycles. The summed E-state index contributed by atoms with van der Waals surface area (Å²) in [4.78, 5) is 28.2. The van der Waals surface area contributed by atoms with Crippen molar-refractivity contribution in [2.24, 2.45) is 0 Å². The van der Waals surface area contributed by atoms with Crippen molar-refractivity contribution in [3.8, 4) is 0 Å². The molecule has 0 radical (unpaired) electrons. The Morgan fingerprint density at radius 1 is 1.18 bits per heavy atom. The van der Waals surface area contributed by atoms with E-state index in [9.17, 15) is 9.59 Å². The predicted octanol–water partition coefficient (Wildman–Crippen LogP) is 4.34. The Morgan fingerprint density at radius 3 is 2.75 bits per heavy atom. The molecule has 1 atom stereocenters. The minimum absolute atomic E-state index is 0.115. The van der Waals surface area contributed by atoms with Crippen molar-refractivity contribution in [2.45, 2.75) is 19.4 Å². The number of benzene rings is 2. The maximum Gasteiger partial charge on any atom is 0.290 e. The second-order valence-corrected chi connectivity index (χ2v) is 7.41. The van der Waals surface area contributed by atoms with E-state index in [2.05, 4.69) is 0 Å². The maximum atomic E-state index is 13.4. The van der Waals surface area contributed by atoms with Gasteiger partial charge in [-0.2, -0.15) is 0 Å². The van der Waals surface area contributed by atoms with Crippen molar-refractivity contribution in [1.29, 1.82) is 0 Å². The van der Waals surface area contributed by atoms with Crippen LogP contribution >= 0.6 is 11.6 Å². The van der Waals surface area contributed by atoms with E-state index in [0.29, 0.717) is 41.1 Å². The first kappa shape index (κ1) is 18.7. The molecule has 0 bridgehead atoms. The first-order chi connectivity index (χ1) is 13.5. The second-order valence-electron chi connectivity index (χ2n) is 6.98. The highest BCUT2D eigenvalue weighted by molar-refractivity contribution is 6.30. The number of hydrogen-bond acceptors (Lipinski definition) is 4. The number of amides is 1. The van der Waals surface area contributed by atoms with Crippen LogP contribution in [0.4, 0.5) is 0 Å². The van der Waals surface area contributed by atoms with Gasteiger partial charge in [0, 0.05) is 25.3 Å².